The summed E-state index contributed by atoms with van der Waals surface area (Å²) in [6.07, 6.45) is 1.19. The summed E-state index contributed by atoms with van der Waals surface area (Å²) in [5.74, 6) is 1.28. The first-order chi connectivity index (χ1) is 6.90. The monoisotopic (exact) mass is 191 g/mol. The molecule has 0 heterocycles. The first kappa shape index (κ1) is 9.69. The Labute approximate surface area is 85.0 Å². The molecule has 0 radical (unpaired) electrons. The molecule has 0 aromatic heterocycles. The highest BCUT2D eigenvalue weighted by Crippen LogP contribution is 2.36. The molecule has 0 spiro atoms. The fourth-order valence-electron chi connectivity index (χ4n) is 1.78. The van der Waals surface area contributed by atoms with Gasteiger partial charge >= 0.3 is 0 Å². The first-order valence-corrected chi connectivity index (χ1v) is 5.25. The van der Waals surface area contributed by atoms with E-state index in [2.05, 4.69) is 29.6 Å². The van der Waals surface area contributed by atoms with E-state index in [0.29, 0.717) is 18.4 Å². The van der Waals surface area contributed by atoms with Gasteiger partial charge in [-0.05, 0) is 30.4 Å². The molecule has 76 valence electrons. The Morgan fingerprint density at radius 3 is 2.64 bits per heavy atom. The van der Waals surface area contributed by atoms with Crippen molar-refractivity contribution in [3.63, 3.8) is 0 Å². The van der Waals surface area contributed by atoms with E-state index in [-0.39, 0.29) is 0 Å². The van der Waals surface area contributed by atoms with Crippen LogP contribution in [0.4, 0.5) is 0 Å². The smallest absolute Gasteiger partial charge is 0.0462 e. The van der Waals surface area contributed by atoms with Gasteiger partial charge < -0.3 is 10.4 Å². The van der Waals surface area contributed by atoms with Gasteiger partial charge in [0.15, 0.2) is 0 Å². The maximum absolute atomic E-state index is 8.87. The highest BCUT2D eigenvalue weighted by atomic mass is 16.3. The molecule has 2 heteroatoms. The second-order valence-electron chi connectivity index (χ2n) is 4.05. The lowest BCUT2D eigenvalue weighted by molar-refractivity contribution is 0.268. The molecule has 0 bridgehead atoms. The minimum absolute atomic E-state index is 0.359. The van der Waals surface area contributed by atoms with Gasteiger partial charge in [-0.15, -0.1) is 0 Å². The Hall–Kier alpha value is -0.860. The summed E-state index contributed by atoms with van der Waals surface area (Å²) in [7, 11) is 0. The van der Waals surface area contributed by atoms with Crippen molar-refractivity contribution in [2.75, 3.05) is 13.2 Å². The maximum Gasteiger partial charge on any atom is 0.0462 e. The highest BCUT2D eigenvalue weighted by molar-refractivity contribution is 5.14. The van der Waals surface area contributed by atoms with E-state index in [4.69, 9.17) is 5.11 Å². The Kier molecular flexibility index (Phi) is 3.17. The van der Waals surface area contributed by atoms with E-state index < -0.39 is 0 Å². The average molecular weight is 191 g/mol. The van der Waals surface area contributed by atoms with Gasteiger partial charge in [-0.25, -0.2) is 0 Å². The molecule has 1 aromatic rings. The molecule has 0 unspecified atom stereocenters. The third-order valence-corrected chi connectivity index (χ3v) is 2.88. The summed E-state index contributed by atoms with van der Waals surface area (Å²) in [5, 5.41) is 12.3. The third-order valence-electron chi connectivity index (χ3n) is 2.88. The molecule has 0 amide bonds. The Morgan fingerprint density at radius 1 is 1.21 bits per heavy atom. The SMILES string of the molecule is OC[C@H]1C[C@H]1CNCc1ccccc1. The van der Waals surface area contributed by atoms with Crippen molar-refractivity contribution in [1.29, 1.82) is 0 Å². The van der Waals surface area contributed by atoms with Crippen molar-refractivity contribution in [3.8, 4) is 0 Å². The molecular formula is C12H17NO. The van der Waals surface area contributed by atoms with Gasteiger partial charge in [-0.1, -0.05) is 30.3 Å². The van der Waals surface area contributed by atoms with Crippen LogP contribution in [-0.2, 0) is 6.54 Å². The molecule has 0 aliphatic heterocycles. The van der Waals surface area contributed by atoms with Crippen LogP contribution in [-0.4, -0.2) is 18.3 Å². The number of aliphatic hydroxyl groups excluding tert-OH is 1. The van der Waals surface area contributed by atoms with Crippen LogP contribution >= 0.6 is 0 Å². The molecular weight excluding hydrogens is 174 g/mol. The Bertz CT molecular complexity index is 273. The molecule has 1 aliphatic carbocycles. The Morgan fingerprint density at radius 2 is 2.00 bits per heavy atom. The molecule has 2 rings (SSSR count). The fourth-order valence-corrected chi connectivity index (χ4v) is 1.78. The van der Waals surface area contributed by atoms with Crippen LogP contribution in [0.3, 0.4) is 0 Å². The third kappa shape index (κ3) is 2.56. The molecule has 2 nitrogen and oxygen atoms in total. The van der Waals surface area contributed by atoms with E-state index in [0.717, 1.165) is 13.1 Å². The van der Waals surface area contributed by atoms with E-state index >= 15 is 0 Å². The van der Waals surface area contributed by atoms with Crippen LogP contribution in [0.25, 0.3) is 0 Å². The minimum atomic E-state index is 0.359. The van der Waals surface area contributed by atoms with Crippen molar-refractivity contribution in [2.24, 2.45) is 11.8 Å². The van der Waals surface area contributed by atoms with Crippen LogP contribution in [0.15, 0.2) is 30.3 Å². The molecule has 2 atom stereocenters. The maximum atomic E-state index is 8.87. The van der Waals surface area contributed by atoms with Gasteiger partial charge in [-0.3, -0.25) is 0 Å². The van der Waals surface area contributed by atoms with Crippen LogP contribution in [0.2, 0.25) is 0 Å². The highest BCUT2D eigenvalue weighted by Gasteiger charge is 2.35. The second-order valence-corrected chi connectivity index (χ2v) is 4.05. The molecule has 2 N–H and O–H groups in total. The summed E-state index contributed by atoms with van der Waals surface area (Å²) in [4.78, 5) is 0. The van der Waals surface area contributed by atoms with Crippen molar-refractivity contribution >= 4 is 0 Å². The number of nitrogens with one attached hydrogen (secondary N) is 1. The van der Waals surface area contributed by atoms with Crippen LogP contribution in [0.5, 0.6) is 0 Å². The quantitative estimate of drug-likeness (QED) is 0.737. The predicted octanol–water partition coefficient (Wildman–Crippen LogP) is 1.40. The summed E-state index contributed by atoms with van der Waals surface area (Å²) in [6.45, 7) is 2.34. The van der Waals surface area contributed by atoms with Gasteiger partial charge in [0.1, 0.15) is 0 Å². The number of benzene rings is 1. The second kappa shape index (κ2) is 4.58. The lowest BCUT2D eigenvalue weighted by atomic mass is 10.2. The largest absolute Gasteiger partial charge is 0.396 e. The van der Waals surface area contributed by atoms with E-state index in [1.54, 1.807) is 0 Å². The number of aliphatic hydroxyl groups is 1. The average Bonchev–Trinajstić information content (AvgIpc) is 2.98. The zero-order chi connectivity index (χ0) is 9.80. The Balaban J connectivity index is 1.64. The number of hydrogen-bond donors (Lipinski definition) is 2. The van der Waals surface area contributed by atoms with Gasteiger partial charge in [-0.2, -0.15) is 0 Å². The normalized spacial score (nSPS) is 24.9. The van der Waals surface area contributed by atoms with Crippen molar-refractivity contribution in [3.05, 3.63) is 35.9 Å². The van der Waals surface area contributed by atoms with Gasteiger partial charge in [0.05, 0.1) is 0 Å². The standard InChI is InChI=1S/C12H17NO/c14-9-12-6-11(12)8-13-7-10-4-2-1-3-5-10/h1-5,11-14H,6-9H2/t11-,12+/m0/s1. The number of hydrogen-bond acceptors (Lipinski definition) is 2. The summed E-state index contributed by atoms with van der Waals surface area (Å²) in [6, 6.07) is 10.4. The molecule has 1 aromatic carbocycles. The molecule has 1 saturated carbocycles. The lowest BCUT2D eigenvalue weighted by Gasteiger charge is -2.03. The summed E-state index contributed by atoms with van der Waals surface area (Å²) >= 11 is 0. The van der Waals surface area contributed by atoms with Gasteiger partial charge in [0, 0.05) is 13.2 Å². The van der Waals surface area contributed by atoms with Crippen molar-refractivity contribution in [1.82, 2.24) is 5.32 Å². The van der Waals surface area contributed by atoms with Gasteiger partial charge in [0.2, 0.25) is 0 Å². The number of rotatable bonds is 5. The minimum Gasteiger partial charge on any atom is -0.396 e. The summed E-state index contributed by atoms with van der Waals surface area (Å²) < 4.78 is 0. The molecule has 0 saturated heterocycles. The zero-order valence-electron chi connectivity index (χ0n) is 8.32. The van der Waals surface area contributed by atoms with Crippen molar-refractivity contribution in [2.45, 2.75) is 13.0 Å². The van der Waals surface area contributed by atoms with Crippen LogP contribution in [0.1, 0.15) is 12.0 Å². The summed E-state index contributed by atoms with van der Waals surface area (Å²) in [5.41, 5.74) is 1.33. The van der Waals surface area contributed by atoms with E-state index in [9.17, 15) is 0 Å². The lowest BCUT2D eigenvalue weighted by Crippen LogP contribution is -2.17. The van der Waals surface area contributed by atoms with Crippen LogP contribution in [0, 0.1) is 11.8 Å². The van der Waals surface area contributed by atoms with Crippen LogP contribution < -0.4 is 5.32 Å². The zero-order valence-corrected chi connectivity index (χ0v) is 8.32. The first-order valence-electron chi connectivity index (χ1n) is 5.25. The van der Waals surface area contributed by atoms with Gasteiger partial charge in [0.25, 0.3) is 0 Å². The molecule has 1 fully saturated rings. The molecule has 1 aliphatic rings. The van der Waals surface area contributed by atoms with E-state index in [1.165, 1.54) is 12.0 Å². The van der Waals surface area contributed by atoms with E-state index in [1.807, 2.05) is 6.07 Å². The molecule has 14 heavy (non-hydrogen) atoms. The fraction of sp³-hybridized carbons (Fsp3) is 0.500. The predicted molar refractivity (Wildman–Crippen MR) is 56.8 cm³/mol. The van der Waals surface area contributed by atoms with Crippen molar-refractivity contribution < 1.29 is 5.11 Å². The topological polar surface area (TPSA) is 32.3 Å².